The molecular weight excluding hydrogens is 378 g/mol. The number of unbranched alkanes of at least 4 members (excludes halogenated alkanes) is 6. The molecule has 0 fully saturated rings. The number of carbonyl (C=O) groups is 1. The summed E-state index contributed by atoms with van der Waals surface area (Å²) in [6.07, 6.45) is 9.03. The molecule has 5 heteroatoms. The fourth-order valence-electron chi connectivity index (χ4n) is 2.99. The Balaban J connectivity index is 2.03. The zero-order chi connectivity index (χ0) is 21.6. The number of hydrogen-bond acceptors (Lipinski definition) is 5. The number of anilines is 1. The van der Waals surface area contributed by atoms with Crippen molar-refractivity contribution in [2.24, 2.45) is 0 Å². The molecule has 0 aliphatic carbocycles. The summed E-state index contributed by atoms with van der Waals surface area (Å²) in [5.74, 6) is 1.28. The molecule has 0 bridgehead atoms. The summed E-state index contributed by atoms with van der Waals surface area (Å²) in [7, 11) is 0. The van der Waals surface area contributed by atoms with Crippen molar-refractivity contribution >= 4 is 11.7 Å². The van der Waals surface area contributed by atoms with E-state index in [1.54, 1.807) is 42.5 Å². The van der Waals surface area contributed by atoms with Gasteiger partial charge >= 0.3 is 5.97 Å². The second-order valence-electron chi connectivity index (χ2n) is 7.44. The molecule has 0 unspecified atom stereocenters. The van der Waals surface area contributed by atoms with E-state index < -0.39 is 5.97 Å². The third-order valence-corrected chi connectivity index (χ3v) is 4.78. The number of hydrogen-bond donors (Lipinski definition) is 1. The van der Waals surface area contributed by atoms with E-state index >= 15 is 0 Å². The van der Waals surface area contributed by atoms with Gasteiger partial charge in [0.25, 0.3) is 0 Å². The molecule has 0 aliphatic rings. The first kappa shape index (κ1) is 23.6. The van der Waals surface area contributed by atoms with Crippen LogP contribution < -0.4 is 19.9 Å². The van der Waals surface area contributed by atoms with E-state index in [1.807, 2.05) is 0 Å². The van der Waals surface area contributed by atoms with Crippen molar-refractivity contribution in [1.82, 2.24) is 0 Å². The van der Waals surface area contributed by atoms with Gasteiger partial charge in [-0.1, -0.05) is 52.4 Å². The first-order valence-electron chi connectivity index (χ1n) is 11.1. The molecule has 0 aliphatic heterocycles. The van der Waals surface area contributed by atoms with Crippen molar-refractivity contribution in [2.75, 3.05) is 18.9 Å². The number of rotatable bonds is 14. The first-order chi connectivity index (χ1) is 14.6. The van der Waals surface area contributed by atoms with Gasteiger partial charge in [-0.05, 0) is 55.3 Å². The third-order valence-electron chi connectivity index (χ3n) is 4.78. The third kappa shape index (κ3) is 8.36. The molecule has 0 radical (unpaired) electrons. The summed E-state index contributed by atoms with van der Waals surface area (Å²) in [6, 6.07) is 12.0. The Morgan fingerprint density at radius 1 is 0.767 bits per heavy atom. The maximum absolute atomic E-state index is 12.6. The van der Waals surface area contributed by atoms with Gasteiger partial charge in [0.05, 0.1) is 18.8 Å². The average molecular weight is 414 g/mol. The molecule has 2 aromatic carbocycles. The summed E-state index contributed by atoms with van der Waals surface area (Å²) < 4.78 is 17.3. The van der Waals surface area contributed by atoms with Gasteiger partial charge in [0.1, 0.15) is 5.75 Å². The van der Waals surface area contributed by atoms with Gasteiger partial charge in [-0.25, -0.2) is 4.79 Å². The molecule has 5 nitrogen and oxygen atoms in total. The number of nitrogen functional groups attached to an aromatic ring is 1. The molecule has 0 amide bonds. The van der Waals surface area contributed by atoms with Gasteiger partial charge in [0, 0.05) is 5.69 Å². The lowest BCUT2D eigenvalue weighted by Crippen LogP contribution is -2.10. The zero-order valence-electron chi connectivity index (χ0n) is 18.3. The Kier molecular flexibility index (Phi) is 10.6. The molecule has 0 spiro atoms. The molecule has 0 aromatic heterocycles. The van der Waals surface area contributed by atoms with Crippen LogP contribution in [0.5, 0.6) is 17.2 Å². The second kappa shape index (κ2) is 13.5. The lowest BCUT2D eigenvalue weighted by Gasteiger charge is -2.14. The highest BCUT2D eigenvalue weighted by Gasteiger charge is 2.14. The van der Waals surface area contributed by atoms with Crippen LogP contribution in [0.1, 0.15) is 75.6 Å². The lowest BCUT2D eigenvalue weighted by atomic mass is 10.2. The second-order valence-corrected chi connectivity index (χ2v) is 7.44. The zero-order valence-corrected chi connectivity index (χ0v) is 18.3. The molecule has 0 saturated heterocycles. The smallest absolute Gasteiger partial charge is 0.343 e. The fourth-order valence-corrected chi connectivity index (χ4v) is 2.99. The van der Waals surface area contributed by atoms with E-state index in [4.69, 9.17) is 19.9 Å². The van der Waals surface area contributed by atoms with Crippen LogP contribution in [-0.4, -0.2) is 19.2 Å². The summed E-state index contributed by atoms with van der Waals surface area (Å²) >= 11 is 0. The van der Waals surface area contributed by atoms with Crippen LogP contribution in [0, 0.1) is 0 Å². The van der Waals surface area contributed by atoms with Crippen molar-refractivity contribution in [3.63, 3.8) is 0 Å². The van der Waals surface area contributed by atoms with E-state index in [0.717, 1.165) is 25.7 Å². The van der Waals surface area contributed by atoms with E-state index in [-0.39, 0.29) is 0 Å². The quantitative estimate of drug-likeness (QED) is 0.168. The Morgan fingerprint density at radius 3 is 1.97 bits per heavy atom. The molecular formula is C25H35NO4. The van der Waals surface area contributed by atoms with Crippen LogP contribution in [0.15, 0.2) is 42.5 Å². The maximum atomic E-state index is 12.6. The minimum atomic E-state index is -0.440. The average Bonchev–Trinajstić information content (AvgIpc) is 2.75. The molecule has 30 heavy (non-hydrogen) atoms. The van der Waals surface area contributed by atoms with Crippen molar-refractivity contribution in [2.45, 2.75) is 65.2 Å². The Morgan fingerprint density at radius 2 is 1.37 bits per heavy atom. The minimum absolute atomic E-state index is 0.425. The van der Waals surface area contributed by atoms with E-state index in [9.17, 15) is 4.79 Å². The number of ether oxygens (including phenoxy) is 3. The van der Waals surface area contributed by atoms with Gasteiger partial charge in [0.2, 0.25) is 0 Å². The first-order valence-corrected chi connectivity index (χ1v) is 11.1. The fraction of sp³-hybridized carbons (Fsp3) is 0.480. The highest BCUT2D eigenvalue weighted by atomic mass is 16.5. The van der Waals surface area contributed by atoms with Gasteiger partial charge in [-0.15, -0.1) is 0 Å². The summed E-state index contributed by atoms with van der Waals surface area (Å²) in [5.41, 5.74) is 6.72. The molecule has 164 valence electrons. The molecule has 0 saturated carbocycles. The highest BCUT2D eigenvalue weighted by molar-refractivity contribution is 5.91. The molecule has 2 aromatic rings. The minimum Gasteiger partial charge on any atom is -0.490 e. The van der Waals surface area contributed by atoms with Gasteiger partial charge < -0.3 is 19.9 Å². The lowest BCUT2D eigenvalue weighted by molar-refractivity contribution is 0.0734. The summed E-state index contributed by atoms with van der Waals surface area (Å²) in [5, 5.41) is 0. The van der Waals surface area contributed by atoms with Crippen LogP contribution in [0.2, 0.25) is 0 Å². The van der Waals surface area contributed by atoms with Crippen LogP contribution in [-0.2, 0) is 0 Å². The van der Waals surface area contributed by atoms with Crippen molar-refractivity contribution in [1.29, 1.82) is 0 Å². The maximum Gasteiger partial charge on any atom is 0.343 e. The molecule has 0 atom stereocenters. The van der Waals surface area contributed by atoms with E-state index in [1.165, 1.54) is 25.7 Å². The summed E-state index contributed by atoms with van der Waals surface area (Å²) in [4.78, 5) is 12.6. The summed E-state index contributed by atoms with van der Waals surface area (Å²) in [6.45, 7) is 5.61. The Hall–Kier alpha value is -2.69. The van der Waals surface area contributed by atoms with Crippen LogP contribution >= 0.6 is 0 Å². The number of esters is 1. The van der Waals surface area contributed by atoms with Gasteiger partial charge in [0.15, 0.2) is 11.5 Å². The van der Waals surface area contributed by atoms with Crippen molar-refractivity contribution in [3.8, 4) is 17.2 Å². The highest BCUT2D eigenvalue weighted by Crippen LogP contribution is 2.30. The number of nitrogens with two attached hydrogens (primary N) is 1. The van der Waals surface area contributed by atoms with Gasteiger partial charge in [-0.3, -0.25) is 0 Å². The monoisotopic (exact) mass is 413 g/mol. The topological polar surface area (TPSA) is 70.8 Å². The molecule has 0 heterocycles. The van der Waals surface area contributed by atoms with E-state index in [2.05, 4.69) is 13.8 Å². The van der Waals surface area contributed by atoms with E-state index in [0.29, 0.717) is 41.7 Å². The predicted octanol–water partition coefficient (Wildman–Crippen LogP) is 6.41. The largest absolute Gasteiger partial charge is 0.490 e. The normalized spacial score (nSPS) is 10.6. The van der Waals surface area contributed by atoms with Crippen molar-refractivity contribution in [3.05, 3.63) is 48.0 Å². The SMILES string of the molecule is CCCCCCOc1ccc(C(=O)Oc2ccc(N)cc2)cc1OCCCCCC. The predicted molar refractivity (Wildman–Crippen MR) is 122 cm³/mol. The van der Waals surface area contributed by atoms with Gasteiger partial charge in [-0.2, -0.15) is 0 Å². The van der Waals surface area contributed by atoms with Crippen LogP contribution in [0.3, 0.4) is 0 Å². The van der Waals surface area contributed by atoms with Crippen LogP contribution in [0.4, 0.5) is 5.69 Å². The standard InChI is InChI=1S/C25H35NO4/c1-3-5-7-9-17-28-23-16-11-20(19-24(23)29-18-10-8-6-4-2)25(27)30-22-14-12-21(26)13-15-22/h11-16,19H,3-10,17-18,26H2,1-2H3. The number of carbonyl (C=O) groups excluding carboxylic acids is 1. The Bertz CT molecular complexity index is 758. The molecule has 2 rings (SSSR count). The van der Waals surface area contributed by atoms with Crippen LogP contribution in [0.25, 0.3) is 0 Å². The Labute approximate surface area is 180 Å². The molecule has 2 N–H and O–H groups in total. The van der Waals surface area contributed by atoms with Crippen molar-refractivity contribution < 1.29 is 19.0 Å². The number of benzene rings is 2.